The van der Waals surface area contributed by atoms with E-state index in [2.05, 4.69) is 20.6 Å². The summed E-state index contributed by atoms with van der Waals surface area (Å²) in [5.41, 5.74) is 4.85. The molecule has 1 unspecified atom stereocenters. The van der Waals surface area contributed by atoms with Crippen molar-refractivity contribution in [3.05, 3.63) is 106 Å². The molecule has 0 aliphatic carbocycles. The molecule has 16 heteroatoms. The van der Waals surface area contributed by atoms with Crippen molar-refractivity contribution in [2.75, 3.05) is 32.9 Å². The van der Waals surface area contributed by atoms with Gasteiger partial charge in [-0.1, -0.05) is 82.5 Å². The highest BCUT2D eigenvalue weighted by Crippen LogP contribution is 2.44. The van der Waals surface area contributed by atoms with E-state index in [1.54, 1.807) is 11.3 Å². The summed E-state index contributed by atoms with van der Waals surface area (Å²) in [4.78, 5) is 52.6. The van der Waals surface area contributed by atoms with Gasteiger partial charge in [0.25, 0.3) is 0 Å². The Kier molecular flexibility index (Phi) is 17.1. The zero-order chi connectivity index (χ0) is 50.3. The number of aliphatic hydroxyl groups excluding tert-OH is 1. The van der Waals surface area contributed by atoms with Gasteiger partial charge >= 0.3 is 0 Å². The van der Waals surface area contributed by atoms with Gasteiger partial charge in [-0.2, -0.15) is 0 Å². The number of fused-ring (bicyclic) bond motifs is 3. The van der Waals surface area contributed by atoms with Crippen LogP contribution in [-0.4, -0.2) is 105 Å². The van der Waals surface area contributed by atoms with Gasteiger partial charge in [-0.15, -0.1) is 11.3 Å². The van der Waals surface area contributed by atoms with Crippen LogP contribution in [0.1, 0.15) is 121 Å². The zero-order valence-corrected chi connectivity index (χ0v) is 42.3. The van der Waals surface area contributed by atoms with Crippen LogP contribution in [0.5, 0.6) is 5.75 Å². The zero-order valence-electron chi connectivity index (χ0n) is 41.5. The first-order chi connectivity index (χ1) is 33.3. The number of ether oxygens (including phenoxy) is 2. The molecule has 0 spiro atoms. The molecule has 0 bridgehead atoms. The van der Waals surface area contributed by atoms with Crippen LogP contribution in [0.4, 0.5) is 13.2 Å². The molecule has 3 amide bonds. The van der Waals surface area contributed by atoms with E-state index >= 15 is 13.2 Å². The number of H-pyrrole nitrogens is 1. The van der Waals surface area contributed by atoms with Crippen LogP contribution in [0, 0.1) is 24.0 Å². The van der Waals surface area contributed by atoms with Gasteiger partial charge < -0.3 is 35.1 Å². The molecule has 7 rings (SSSR count). The molecule has 0 saturated carbocycles. The molecule has 1 saturated heterocycles. The highest BCUT2D eigenvalue weighted by molar-refractivity contribution is 7.13. The maximum Gasteiger partial charge on any atom is 0.246 e. The van der Waals surface area contributed by atoms with E-state index in [-0.39, 0.29) is 74.9 Å². The van der Waals surface area contributed by atoms with Crippen molar-refractivity contribution in [3.8, 4) is 16.2 Å². The van der Waals surface area contributed by atoms with Crippen molar-refractivity contribution in [2.45, 2.75) is 142 Å². The molecule has 2 aliphatic heterocycles. The summed E-state index contributed by atoms with van der Waals surface area (Å²) in [5.74, 6) is -2.52. The molecular weight excluding hydrogens is 918 g/mol. The topological polar surface area (TPSA) is 149 Å². The molecule has 378 valence electrons. The number of likely N-dealkylation sites (tertiary alicyclic amines) is 1. The fraction of sp³-hybridized carbons (Fsp3) is 0.519. The van der Waals surface area contributed by atoms with Crippen LogP contribution >= 0.6 is 11.3 Å². The average molecular weight is 987 g/mol. The minimum atomic E-state index is -1.59. The maximum absolute atomic E-state index is 16.0. The van der Waals surface area contributed by atoms with Gasteiger partial charge in [-0.05, 0) is 75.1 Å². The second-order valence-corrected chi connectivity index (χ2v) is 21.5. The number of aryl methyl sites for hydroxylation is 1. The number of unbranched alkanes of at least 4 members (excludes halogenated alkanes) is 4. The normalized spacial score (nSPS) is 19.0. The second-order valence-electron chi connectivity index (χ2n) is 20.6. The molecule has 4 N–H and O–H groups in total. The highest BCUT2D eigenvalue weighted by Gasteiger charge is 2.45. The Labute approximate surface area is 413 Å². The molecule has 5 atom stereocenters. The first-order valence-electron chi connectivity index (χ1n) is 24.6. The predicted octanol–water partition coefficient (Wildman–Crippen LogP) is 9.51. The Bertz CT molecular complexity index is 2570. The molecular formula is C54H69F3N6O6S. The fourth-order valence-electron chi connectivity index (χ4n) is 9.71. The third-order valence-electron chi connectivity index (χ3n) is 13.3. The van der Waals surface area contributed by atoms with Gasteiger partial charge in [0.05, 0.1) is 41.4 Å². The average Bonchev–Trinajstić information content (AvgIpc) is 4.02. The largest absolute Gasteiger partial charge is 0.493 e. The number of halogens is 3. The summed E-state index contributed by atoms with van der Waals surface area (Å²) in [5, 5.41) is 17.4. The molecule has 0 radical (unpaired) electrons. The molecule has 1 fully saturated rings. The summed E-state index contributed by atoms with van der Waals surface area (Å²) in [7, 11) is 0. The van der Waals surface area contributed by atoms with Gasteiger partial charge in [0, 0.05) is 79.4 Å². The first kappa shape index (κ1) is 52.5. The molecule has 5 aromatic rings. The maximum atomic E-state index is 16.0. The Morgan fingerprint density at radius 3 is 2.31 bits per heavy atom. The highest BCUT2D eigenvalue weighted by atomic mass is 32.1. The number of carbonyl (C=O) groups excluding carboxylic acids is 3. The lowest BCUT2D eigenvalue weighted by molar-refractivity contribution is -0.144. The van der Waals surface area contributed by atoms with Gasteiger partial charge in [0.2, 0.25) is 17.7 Å². The third kappa shape index (κ3) is 13.0. The Morgan fingerprint density at radius 1 is 0.957 bits per heavy atom. The number of nitrogens with one attached hydrogen (secondary N) is 3. The van der Waals surface area contributed by atoms with Gasteiger partial charge in [-0.25, -0.2) is 18.2 Å². The van der Waals surface area contributed by atoms with E-state index in [1.165, 1.54) is 30.9 Å². The first-order valence-corrected chi connectivity index (χ1v) is 25.5. The van der Waals surface area contributed by atoms with E-state index in [0.29, 0.717) is 25.1 Å². The Balaban J connectivity index is 0.808. The SMILES string of the molecule is Cc1ncsc1-c1ccc(CNC(=O)[C@@H]2C[C@@H](O)CN2C(=O)C(NC(=O)CCOCCCCCCCOc2cc(F)c([C@@H]3c4[nH]c5ccccc5c4C[C@@H](C)N3CC(C)(C)F)c(F)c2)C(C)(C)C)cc1. The quantitative estimate of drug-likeness (QED) is 0.0532. The number of nitrogens with zero attached hydrogens (tertiary/aromatic N) is 3. The minimum absolute atomic E-state index is 0.000682. The number of thiazole rings is 1. The van der Waals surface area contributed by atoms with Gasteiger partial charge in [-0.3, -0.25) is 19.3 Å². The lowest BCUT2D eigenvalue weighted by Gasteiger charge is -2.43. The number of benzene rings is 3. The van der Waals surface area contributed by atoms with Crippen molar-refractivity contribution in [1.82, 2.24) is 30.4 Å². The summed E-state index contributed by atoms with van der Waals surface area (Å²) < 4.78 is 58.8. The molecule has 2 aromatic heterocycles. The lowest BCUT2D eigenvalue weighted by atomic mass is 9.85. The number of aromatic amines is 1. The van der Waals surface area contributed by atoms with Gasteiger partial charge in [0.1, 0.15) is 35.1 Å². The number of hydrogen-bond donors (Lipinski definition) is 4. The number of aliphatic hydroxyl groups is 1. The Hall–Kier alpha value is -5.29. The third-order valence-corrected chi connectivity index (χ3v) is 14.3. The van der Waals surface area contributed by atoms with Gasteiger partial charge in [0.15, 0.2) is 0 Å². The van der Waals surface area contributed by atoms with Crippen molar-refractivity contribution in [2.24, 2.45) is 5.41 Å². The van der Waals surface area contributed by atoms with Crippen LogP contribution < -0.4 is 15.4 Å². The van der Waals surface area contributed by atoms with Crippen molar-refractivity contribution < 1.29 is 42.1 Å². The summed E-state index contributed by atoms with van der Waals surface area (Å²) >= 11 is 1.57. The van der Waals surface area contributed by atoms with Crippen molar-refractivity contribution >= 4 is 40.0 Å². The van der Waals surface area contributed by atoms with E-state index in [9.17, 15) is 19.5 Å². The molecule has 3 aromatic carbocycles. The van der Waals surface area contributed by atoms with Crippen LogP contribution in [0.25, 0.3) is 21.3 Å². The fourth-order valence-corrected chi connectivity index (χ4v) is 10.5. The monoisotopic (exact) mass is 986 g/mol. The second kappa shape index (κ2) is 22.9. The number of β-amino-alcohol motifs (C(OH)–C–C–N with tert-alkyl or cyclic N) is 1. The molecule has 70 heavy (non-hydrogen) atoms. The number of hydrogen-bond acceptors (Lipinski definition) is 9. The van der Waals surface area contributed by atoms with Crippen molar-refractivity contribution in [3.63, 3.8) is 0 Å². The number of amides is 3. The van der Waals surface area contributed by atoms with E-state index in [1.807, 2.05) is 93.6 Å². The lowest BCUT2D eigenvalue weighted by Crippen LogP contribution is -2.57. The van der Waals surface area contributed by atoms with Crippen LogP contribution in [-0.2, 0) is 32.1 Å². The van der Waals surface area contributed by atoms with Crippen LogP contribution in [0.2, 0.25) is 0 Å². The van der Waals surface area contributed by atoms with E-state index < -0.39 is 52.9 Å². The van der Waals surface area contributed by atoms with Crippen LogP contribution in [0.3, 0.4) is 0 Å². The summed E-state index contributed by atoms with van der Waals surface area (Å²) in [6, 6.07) is 15.3. The Morgan fingerprint density at radius 2 is 1.64 bits per heavy atom. The predicted molar refractivity (Wildman–Crippen MR) is 267 cm³/mol. The minimum Gasteiger partial charge on any atom is -0.493 e. The molecule has 2 aliphatic rings. The number of carbonyl (C=O) groups is 3. The smallest absolute Gasteiger partial charge is 0.246 e. The molecule has 4 heterocycles. The standard InChI is InChI=1S/C54H69F3N6O6S/c1-33-25-40-39-15-11-12-16-43(39)60-47(40)48(63(33)31-54(6,7)57)46-41(55)27-38(28-42(46)56)69-23-14-10-8-9-13-22-68-24-21-45(65)61-50(53(3,4)5)52(67)62-30-37(64)26-44(62)51(66)58-29-35-17-19-36(20-18-35)49-34(2)59-32-70-49/h11-12,15-20,27-28,32-33,37,44,48,50,60,64H,8-10,13-14,21-26,29-31H2,1-7H3,(H,58,66)(H,61,65)/t33-,37-,44+,48-,50?/m1/s1. The molecule has 12 nitrogen and oxygen atoms in total. The van der Waals surface area contributed by atoms with E-state index in [4.69, 9.17) is 9.47 Å². The number of para-hydroxylation sites is 1. The summed E-state index contributed by atoms with van der Waals surface area (Å²) in [6.45, 7) is 13.6. The van der Waals surface area contributed by atoms with Crippen LogP contribution in [0.15, 0.2) is 66.2 Å². The number of alkyl halides is 1. The van der Waals surface area contributed by atoms with Crippen molar-refractivity contribution in [1.29, 1.82) is 0 Å². The number of aromatic nitrogens is 2. The summed E-state index contributed by atoms with van der Waals surface area (Å²) in [6.07, 6.45) is 3.96. The van der Waals surface area contributed by atoms with E-state index in [0.717, 1.165) is 63.8 Å². The number of rotatable bonds is 21.